The number of aromatic nitrogens is 4. The molecule has 5 nitrogen and oxygen atoms in total. The molecule has 8 aromatic rings. The van der Waals surface area contributed by atoms with E-state index in [9.17, 15) is 0 Å². The molecule has 6 heteroatoms. The van der Waals surface area contributed by atoms with Crippen LogP contribution in [0.2, 0.25) is 0 Å². The molecule has 0 amide bonds. The summed E-state index contributed by atoms with van der Waals surface area (Å²) >= 11 is 0. The van der Waals surface area contributed by atoms with Crippen LogP contribution in [0, 0.1) is 0 Å². The number of aryl methyl sites for hydroxylation is 1. The van der Waals surface area contributed by atoms with Gasteiger partial charge in [0.25, 0.3) is 0 Å². The lowest BCUT2D eigenvalue weighted by atomic mass is 10.0. The van der Waals surface area contributed by atoms with Crippen LogP contribution in [0.3, 0.4) is 0 Å². The first kappa shape index (κ1) is 26.9. The van der Waals surface area contributed by atoms with Crippen molar-refractivity contribution in [3.05, 3.63) is 151 Å². The van der Waals surface area contributed by atoms with Gasteiger partial charge in [-0.1, -0.05) is 104 Å². The molecule has 0 fully saturated rings. The second-order valence-electron chi connectivity index (χ2n) is 11.7. The Labute approximate surface area is 266 Å². The summed E-state index contributed by atoms with van der Waals surface area (Å²) in [5.74, 6) is 1.87. The van der Waals surface area contributed by atoms with Crippen molar-refractivity contribution in [3.63, 3.8) is 0 Å². The third kappa shape index (κ3) is 3.85. The lowest BCUT2D eigenvalue weighted by molar-refractivity contribution is 0.592. The highest BCUT2D eigenvalue weighted by Gasteiger charge is 2.39. The van der Waals surface area contributed by atoms with E-state index in [0.29, 0.717) is 0 Å². The lowest BCUT2D eigenvalue weighted by Crippen LogP contribution is -2.33. The molecule has 1 unspecified atom stereocenters. The summed E-state index contributed by atoms with van der Waals surface area (Å²) < 4.78 is 20.0. The molecule has 0 radical (unpaired) electrons. The Morgan fingerprint density at radius 3 is 2.04 bits per heavy atom. The average molecular weight is 613 g/mol. The molecular weight excluding hydrogens is 583 g/mol. The predicted molar refractivity (Wildman–Crippen MR) is 189 cm³/mol. The zero-order chi connectivity index (χ0) is 30.8. The fourth-order valence-corrected chi connectivity index (χ4v) is 10.0. The number of rotatable bonds is 5. The molecule has 0 N–H and O–H groups in total. The van der Waals surface area contributed by atoms with Gasteiger partial charge in [-0.3, -0.25) is 9.13 Å². The van der Waals surface area contributed by atoms with E-state index in [2.05, 4.69) is 101 Å². The van der Waals surface area contributed by atoms with Gasteiger partial charge in [0.05, 0.1) is 27.8 Å². The van der Waals surface area contributed by atoms with Gasteiger partial charge in [0, 0.05) is 33.6 Å². The number of hydrogen-bond donors (Lipinski definition) is 0. The van der Waals surface area contributed by atoms with Gasteiger partial charge in [0.15, 0.2) is 7.14 Å². The number of hydrogen-bond acceptors (Lipinski definition) is 3. The second-order valence-corrected chi connectivity index (χ2v) is 14.4. The Hall–Kier alpha value is -5.51. The fourth-order valence-electron chi connectivity index (χ4n) is 6.97. The maximum absolute atomic E-state index is 15.6. The number of benzene rings is 6. The summed E-state index contributed by atoms with van der Waals surface area (Å²) in [5, 5.41) is 2.53. The molecule has 0 spiro atoms. The number of nitrogens with zero attached hydrogens (tertiary/aromatic N) is 4. The van der Waals surface area contributed by atoms with E-state index in [1.807, 2.05) is 60.7 Å². The van der Waals surface area contributed by atoms with Crippen molar-refractivity contribution in [2.75, 3.05) is 0 Å². The normalized spacial score (nSPS) is 15.3. The summed E-state index contributed by atoms with van der Waals surface area (Å²) in [6.45, 7) is 2.12. The predicted octanol–water partition coefficient (Wildman–Crippen LogP) is 8.21. The summed E-state index contributed by atoms with van der Waals surface area (Å²) in [7, 11) is -3.20. The van der Waals surface area contributed by atoms with E-state index in [1.54, 1.807) is 0 Å². The Balaban J connectivity index is 1.21. The third-order valence-corrected chi connectivity index (χ3v) is 12.2. The minimum atomic E-state index is -3.20. The molecule has 0 aliphatic carbocycles. The van der Waals surface area contributed by atoms with E-state index in [4.69, 9.17) is 9.97 Å². The van der Waals surface area contributed by atoms with E-state index in [0.717, 1.165) is 84.1 Å². The Morgan fingerprint density at radius 2 is 1.26 bits per heavy atom. The zero-order valence-corrected chi connectivity index (χ0v) is 26.1. The van der Waals surface area contributed by atoms with Crippen molar-refractivity contribution >= 4 is 45.1 Å². The van der Waals surface area contributed by atoms with Crippen LogP contribution in [0.5, 0.6) is 0 Å². The Kier molecular flexibility index (Phi) is 5.99. The van der Waals surface area contributed by atoms with Crippen LogP contribution in [0.15, 0.2) is 146 Å². The van der Waals surface area contributed by atoms with Crippen molar-refractivity contribution in [1.82, 2.24) is 19.1 Å². The second kappa shape index (κ2) is 10.3. The van der Waals surface area contributed by atoms with Crippen LogP contribution in [0.25, 0.3) is 56.0 Å². The standard InChI is InChI=1S/C40H29N4OP/c1-2-38-41-33-17-11-19-36-39(33)44(38)35-25-24-29(26-37(35)46(36,45)31-14-7-4-8-15-31)27-20-22-28(23-21-27)40-42-32-16-9-10-18-34(32)43(40)30-12-5-3-6-13-30/h3-26H,2H2,1H3. The van der Waals surface area contributed by atoms with Crippen LogP contribution in [-0.2, 0) is 11.0 Å². The molecule has 220 valence electrons. The summed E-state index contributed by atoms with van der Waals surface area (Å²) in [6.07, 6.45) is 0.778. The molecule has 0 saturated carbocycles. The van der Waals surface area contributed by atoms with E-state index < -0.39 is 7.14 Å². The highest BCUT2D eigenvalue weighted by atomic mass is 31.2. The van der Waals surface area contributed by atoms with Gasteiger partial charge in [-0.25, -0.2) is 9.97 Å². The largest absolute Gasteiger partial charge is 0.308 e. The molecule has 3 heterocycles. The molecule has 2 aromatic heterocycles. The van der Waals surface area contributed by atoms with Gasteiger partial charge in [-0.05, 0) is 59.7 Å². The first-order valence-corrected chi connectivity index (χ1v) is 17.3. The van der Waals surface area contributed by atoms with Gasteiger partial charge >= 0.3 is 0 Å². The SMILES string of the molecule is CCc1nc2cccc3c2n1-c1ccc(-c2ccc(-c4nc5ccccc5n4-c4ccccc4)cc2)cc1P3(=O)c1ccccc1. The van der Waals surface area contributed by atoms with Crippen LogP contribution in [0.1, 0.15) is 12.7 Å². The summed E-state index contributed by atoms with van der Waals surface area (Å²) in [6, 6.07) is 49.5. The van der Waals surface area contributed by atoms with E-state index >= 15 is 4.57 Å². The third-order valence-electron chi connectivity index (χ3n) is 9.11. The van der Waals surface area contributed by atoms with Gasteiger partial charge in [0.2, 0.25) is 0 Å². The number of fused-ring (bicyclic) bond motifs is 3. The van der Waals surface area contributed by atoms with E-state index in [1.165, 1.54) is 0 Å². The fraction of sp³-hybridized carbons (Fsp3) is 0.0500. The van der Waals surface area contributed by atoms with Gasteiger partial charge in [-0.15, -0.1) is 0 Å². The van der Waals surface area contributed by atoms with Crippen LogP contribution >= 0.6 is 7.14 Å². The minimum Gasteiger partial charge on any atom is -0.308 e. The first-order chi connectivity index (χ1) is 22.6. The van der Waals surface area contributed by atoms with E-state index in [-0.39, 0.29) is 0 Å². The Morgan fingerprint density at radius 1 is 0.587 bits per heavy atom. The number of para-hydroxylation sites is 4. The van der Waals surface area contributed by atoms with Crippen molar-refractivity contribution < 1.29 is 4.57 Å². The Bertz CT molecular complexity index is 2480. The molecule has 1 atom stereocenters. The summed E-state index contributed by atoms with van der Waals surface area (Å²) in [4.78, 5) is 10.00. The molecule has 9 rings (SSSR count). The minimum absolute atomic E-state index is 0.778. The topological polar surface area (TPSA) is 52.7 Å². The lowest BCUT2D eigenvalue weighted by Gasteiger charge is -2.29. The molecule has 6 aromatic carbocycles. The maximum Gasteiger partial charge on any atom is 0.175 e. The first-order valence-electron chi connectivity index (χ1n) is 15.6. The smallest absolute Gasteiger partial charge is 0.175 e. The monoisotopic (exact) mass is 612 g/mol. The highest BCUT2D eigenvalue weighted by molar-refractivity contribution is 7.86. The number of imidazole rings is 2. The molecular formula is C40H29N4OP. The van der Waals surface area contributed by atoms with Crippen molar-refractivity contribution in [3.8, 4) is 33.9 Å². The summed E-state index contributed by atoms with van der Waals surface area (Å²) in [5.41, 5.74) is 8.99. The average Bonchev–Trinajstić information content (AvgIpc) is 3.71. The zero-order valence-electron chi connectivity index (χ0n) is 25.2. The van der Waals surface area contributed by atoms with Crippen LogP contribution in [-0.4, -0.2) is 19.1 Å². The van der Waals surface area contributed by atoms with Crippen LogP contribution < -0.4 is 15.9 Å². The molecule has 1 aliphatic rings. The van der Waals surface area contributed by atoms with Gasteiger partial charge in [0.1, 0.15) is 11.6 Å². The molecule has 46 heavy (non-hydrogen) atoms. The van der Waals surface area contributed by atoms with Crippen molar-refractivity contribution in [2.45, 2.75) is 13.3 Å². The quantitative estimate of drug-likeness (QED) is 0.184. The van der Waals surface area contributed by atoms with Gasteiger partial charge < -0.3 is 4.57 Å². The molecule has 0 saturated heterocycles. The van der Waals surface area contributed by atoms with Crippen LogP contribution in [0.4, 0.5) is 0 Å². The van der Waals surface area contributed by atoms with Crippen molar-refractivity contribution in [2.24, 2.45) is 0 Å². The highest BCUT2D eigenvalue weighted by Crippen LogP contribution is 2.50. The molecule has 0 bridgehead atoms. The molecule has 1 aliphatic heterocycles. The maximum atomic E-state index is 15.6. The van der Waals surface area contributed by atoms with Gasteiger partial charge in [-0.2, -0.15) is 0 Å². The van der Waals surface area contributed by atoms with Crippen molar-refractivity contribution in [1.29, 1.82) is 0 Å².